The number of nitrogens with one attached hydrogen (secondary N) is 4. The van der Waals surface area contributed by atoms with Gasteiger partial charge in [-0.25, -0.2) is 9.59 Å². The van der Waals surface area contributed by atoms with Crippen LogP contribution in [0.2, 0.25) is 0 Å². The molecule has 2 amide bonds. The maximum atomic E-state index is 12.1. The molecule has 0 spiro atoms. The van der Waals surface area contributed by atoms with Crippen molar-refractivity contribution in [3.63, 3.8) is 0 Å². The van der Waals surface area contributed by atoms with Gasteiger partial charge < -0.3 is 20.1 Å². The van der Waals surface area contributed by atoms with Crippen molar-refractivity contribution in [2.24, 2.45) is 0 Å². The van der Waals surface area contributed by atoms with E-state index in [-0.39, 0.29) is 33.1 Å². The van der Waals surface area contributed by atoms with E-state index in [1.807, 2.05) is 0 Å². The monoisotopic (exact) mass is 556 g/mol. The Morgan fingerprint density at radius 1 is 0.632 bits per heavy atom. The molecule has 4 N–H and O–H groups in total. The van der Waals surface area contributed by atoms with E-state index in [0.717, 1.165) is 0 Å². The molecule has 0 heterocycles. The molecule has 0 radical (unpaired) electrons. The molecular formula is C22H16N6O8S2. The summed E-state index contributed by atoms with van der Waals surface area (Å²) in [5.41, 5.74) is 0.430. The van der Waals surface area contributed by atoms with E-state index in [9.17, 15) is 29.8 Å². The molecule has 3 aromatic rings. The van der Waals surface area contributed by atoms with Crippen LogP contribution in [-0.4, -0.2) is 32.3 Å². The maximum Gasteiger partial charge on any atom is 0.418 e. The van der Waals surface area contributed by atoms with Gasteiger partial charge in [-0.2, -0.15) is 0 Å². The Kier molecular flexibility index (Phi) is 9.11. The number of nitrogens with zero attached hydrogens (tertiary/aromatic N) is 2. The lowest BCUT2D eigenvalue weighted by Crippen LogP contribution is -2.37. The third-order valence-corrected chi connectivity index (χ3v) is 4.78. The number of ether oxygens (including phenoxy) is 2. The number of carbonyl (C=O) groups is 2. The van der Waals surface area contributed by atoms with E-state index in [0.29, 0.717) is 11.4 Å². The Morgan fingerprint density at radius 3 is 1.29 bits per heavy atom. The Balaban J connectivity index is 1.52. The highest BCUT2D eigenvalue weighted by atomic mass is 32.1. The molecule has 0 saturated heterocycles. The van der Waals surface area contributed by atoms with Crippen molar-refractivity contribution in [3.05, 3.63) is 93.0 Å². The average Bonchev–Trinajstić information content (AvgIpc) is 2.85. The van der Waals surface area contributed by atoms with Gasteiger partial charge in [0.15, 0.2) is 10.2 Å². The number of rotatable bonds is 6. The summed E-state index contributed by atoms with van der Waals surface area (Å²) >= 11 is 10.2. The molecule has 14 nitrogen and oxygen atoms in total. The third kappa shape index (κ3) is 8.18. The average molecular weight is 557 g/mol. The molecule has 3 rings (SSSR count). The lowest BCUT2D eigenvalue weighted by molar-refractivity contribution is -0.385. The molecule has 0 aliphatic rings. The minimum absolute atomic E-state index is 0.0648. The predicted octanol–water partition coefficient (Wildman–Crippen LogP) is 4.47. The van der Waals surface area contributed by atoms with Crippen molar-refractivity contribution >= 4 is 69.6 Å². The van der Waals surface area contributed by atoms with Gasteiger partial charge in [0.2, 0.25) is 0 Å². The second-order valence-corrected chi connectivity index (χ2v) is 7.80. The normalized spacial score (nSPS) is 9.89. The number of benzene rings is 3. The molecule has 38 heavy (non-hydrogen) atoms. The van der Waals surface area contributed by atoms with Gasteiger partial charge in [0.1, 0.15) is 11.5 Å². The smallest absolute Gasteiger partial charge is 0.410 e. The van der Waals surface area contributed by atoms with Crippen LogP contribution in [0.3, 0.4) is 0 Å². The Hall–Kier alpha value is -5.22. The summed E-state index contributed by atoms with van der Waals surface area (Å²) in [7, 11) is 0. The first-order valence-corrected chi connectivity index (χ1v) is 11.1. The molecule has 0 aliphatic carbocycles. The Morgan fingerprint density at radius 2 is 0.974 bits per heavy atom. The maximum absolute atomic E-state index is 12.1. The molecule has 3 aromatic carbocycles. The van der Waals surface area contributed by atoms with Gasteiger partial charge in [0, 0.05) is 24.3 Å². The first-order chi connectivity index (χ1) is 18.1. The van der Waals surface area contributed by atoms with Crippen molar-refractivity contribution in [2.45, 2.75) is 0 Å². The first kappa shape index (κ1) is 27.4. The zero-order chi connectivity index (χ0) is 27.7. The number of carbonyl (C=O) groups excluding carboxylic acids is 2. The fourth-order valence-corrected chi connectivity index (χ4v) is 3.12. The minimum Gasteiger partial charge on any atom is -0.410 e. The largest absolute Gasteiger partial charge is 0.418 e. The summed E-state index contributed by atoms with van der Waals surface area (Å²) < 4.78 is 10.1. The highest BCUT2D eigenvalue weighted by Crippen LogP contribution is 2.22. The fourth-order valence-electron chi connectivity index (χ4n) is 2.73. The van der Waals surface area contributed by atoms with Gasteiger partial charge in [0.25, 0.3) is 11.4 Å². The SMILES string of the molecule is O=C(NC(=S)Nc1ccccc1NC(=S)NC(=O)Oc1ccc([N+](=O)[O-])cc1)Oc1ccc([N+](=O)[O-])cc1. The van der Waals surface area contributed by atoms with Crippen molar-refractivity contribution < 1.29 is 28.9 Å². The number of hydrogen-bond acceptors (Lipinski definition) is 10. The van der Waals surface area contributed by atoms with Crippen LogP contribution in [0.1, 0.15) is 0 Å². The highest BCUT2D eigenvalue weighted by molar-refractivity contribution is 7.80. The summed E-state index contributed by atoms with van der Waals surface area (Å²) in [5, 5.41) is 31.3. The van der Waals surface area contributed by atoms with Gasteiger partial charge in [0.05, 0.1) is 21.2 Å². The Labute approximate surface area is 224 Å². The van der Waals surface area contributed by atoms with E-state index in [1.165, 1.54) is 48.5 Å². The van der Waals surface area contributed by atoms with Crippen molar-refractivity contribution in [2.75, 3.05) is 10.6 Å². The van der Waals surface area contributed by atoms with Crippen LogP contribution >= 0.6 is 24.4 Å². The second-order valence-electron chi connectivity index (χ2n) is 6.98. The highest BCUT2D eigenvalue weighted by Gasteiger charge is 2.13. The number of nitro benzene ring substituents is 2. The molecular weight excluding hydrogens is 540 g/mol. The second kappa shape index (κ2) is 12.7. The number of para-hydroxylation sites is 2. The molecule has 0 saturated carbocycles. The summed E-state index contributed by atoms with van der Waals surface area (Å²) in [6.07, 6.45) is -1.87. The van der Waals surface area contributed by atoms with E-state index in [1.54, 1.807) is 24.3 Å². The Bertz CT molecular complexity index is 1290. The van der Waals surface area contributed by atoms with Crippen molar-refractivity contribution in [1.82, 2.24) is 10.6 Å². The van der Waals surface area contributed by atoms with Gasteiger partial charge >= 0.3 is 12.2 Å². The van der Waals surface area contributed by atoms with Crippen LogP contribution in [0, 0.1) is 20.2 Å². The van der Waals surface area contributed by atoms with Crippen LogP contribution in [-0.2, 0) is 0 Å². The van der Waals surface area contributed by atoms with Crippen molar-refractivity contribution in [3.8, 4) is 11.5 Å². The summed E-state index contributed by atoms with van der Waals surface area (Å²) in [4.78, 5) is 44.4. The van der Waals surface area contributed by atoms with Gasteiger partial charge in [-0.3, -0.25) is 30.9 Å². The van der Waals surface area contributed by atoms with Crippen LogP contribution in [0.15, 0.2) is 72.8 Å². The lowest BCUT2D eigenvalue weighted by atomic mass is 10.2. The number of nitro groups is 2. The van der Waals surface area contributed by atoms with Crippen LogP contribution in [0.25, 0.3) is 0 Å². The lowest BCUT2D eigenvalue weighted by Gasteiger charge is -2.15. The van der Waals surface area contributed by atoms with E-state index >= 15 is 0 Å². The zero-order valence-corrected chi connectivity index (χ0v) is 20.5. The molecule has 0 fully saturated rings. The summed E-state index contributed by atoms with van der Waals surface area (Å²) in [6.45, 7) is 0. The zero-order valence-electron chi connectivity index (χ0n) is 18.9. The molecule has 0 aromatic heterocycles. The third-order valence-electron chi connectivity index (χ3n) is 4.37. The summed E-state index contributed by atoms with van der Waals surface area (Å²) in [6, 6.07) is 16.3. The first-order valence-electron chi connectivity index (χ1n) is 10.3. The van der Waals surface area contributed by atoms with Gasteiger partial charge in [-0.1, -0.05) is 12.1 Å². The van der Waals surface area contributed by atoms with Crippen LogP contribution in [0.5, 0.6) is 11.5 Å². The molecule has 0 unspecified atom stereocenters. The van der Waals surface area contributed by atoms with E-state index in [2.05, 4.69) is 21.3 Å². The van der Waals surface area contributed by atoms with E-state index < -0.39 is 22.0 Å². The molecule has 0 bridgehead atoms. The molecule has 194 valence electrons. The van der Waals surface area contributed by atoms with Gasteiger partial charge in [-0.05, 0) is 60.8 Å². The number of non-ortho nitro benzene ring substituents is 2. The fraction of sp³-hybridized carbons (Fsp3) is 0. The quantitative estimate of drug-likeness (QED) is 0.190. The molecule has 0 atom stereocenters. The predicted molar refractivity (Wildman–Crippen MR) is 143 cm³/mol. The standard InChI is InChI=1S/C22H16N6O8S2/c29-21(35-15-9-5-13(6-10-15)27(31)32)25-19(37)23-17-3-1-2-4-18(17)24-20(38)26-22(30)36-16-11-7-14(8-12-16)28(33)34/h1-12H,(H2,23,25,29,37)(H2,24,26,30,38). The molecule has 16 heteroatoms. The topological polar surface area (TPSA) is 187 Å². The number of thiocarbonyl (C=S) groups is 2. The van der Waals surface area contributed by atoms with Crippen molar-refractivity contribution in [1.29, 1.82) is 0 Å². The van der Waals surface area contributed by atoms with Crippen LogP contribution < -0.4 is 30.7 Å². The van der Waals surface area contributed by atoms with Crippen LogP contribution in [0.4, 0.5) is 32.3 Å². The number of hydrogen-bond donors (Lipinski definition) is 4. The number of anilines is 2. The van der Waals surface area contributed by atoms with E-state index in [4.69, 9.17) is 33.9 Å². The summed E-state index contributed by atoms with van der Waals surface area (Å²) in [5.74, 6) is 0.130. The van der Waals surface area contributed by atoms with Gasteiger partial charge in [-0.15, -0.1) is 0 Å². The number of amides is 2. The minimum atomic E-state index is -0.937. The molecule has 0 aliphatic heterocycles.